The molecule has 1 heterocycles. The number of nitrogens with zero attached hydrogens (tertiary/aromatic N) is 1. The van der Waals surface area contributed by atoms with E-state index in [-0.39, 0.29) is 11.7 Å². The third kappa shape index (κ3) is 6.78. The minimum absolute atomic E-state index is 0.0540. The van der Waals surface area contributed by atoms with Crippen LogP contribution < -0.4 is 15.4 Å². The van der Waals surface area contributed by atoms with Gasteiger partial charge in [-0.05, 0) is 48.4 Å². The maximum atomic E-state index is 14.3. The van der Waals surface area contributed by atoms with E-state index in [9.17, 15) is 14.0 Å². The Hall–Kier alpha value is -4.00. The second-order valence-electron chi connectivity index (χ2n) is 6.75. The molecule has 0 bridgehead atoms. The molecule has 158 valence electrons. The van der Waals surface area contributed by atoms with E-state index in [1.807, 2.05) is 30.3 Å². The minimum Gasteiger partial charge on any atom is -0.453 e. The van der Waals surface area contributed by atoms with Crippen LogP contribution in [0.1, 0.15) is 18.1 Å². The summed E-state index contributed by atoms with van der Waals surface area (Å²) in [5.41, 5.74) is 1.44. The van der Waals surface area contributed by atoms with Gasteiger partial charge in [0, 0.05) is 18.8 Å². The van der Waals surface area contributed by atoms with Crippen LogP contribution in [-0.2, 0) is 16.1 Å². The van der Waals surface area contributed by atoms with Crippen LogP contribution in [-0.4, -0.2) is 22.8 Å². The van der Waals surface area contributed by atoms with Gasteiger partial charge in [0.1, 0.15) is 11.8 Å². The molecule has 1 aromatic heterocycles. The Morgan fingerprint density at radius 3 is 2.65 bits per heavy atom. The molecular weight excluding hydrogens is 397 g/mol. The largest absolute Gasteiger partial charge is 0.453 e. The number of ether oxygens (including phenoxy) is 1. The number of amides is 2. The Morgan fingerprint density at radius 2 is 1.94 bits per heavy atom. The Kier molecular flexibility index (Phi) is 7.48. The standard InChI is InChI=1S/C24H22FN3O3/c1-17(24(30)27-15-19-6-3-2-4-7-19)28-23(29)12-10-18-9-11-22(21(25)14-18)31-20-8-5-13-26-16-20/h2-14,16-17H,15H2,1H3,(H,27,30)(H,28,29)/b12-10+. The van der Waals surface area contributed by atoms with Crippen LogP contribution in [0.5, 0.6) is 11.5 Å². The summed E-state index contributed by atoms with van der Waals surface area (Å²) in [6, 6.07) is 16.5. The lowest BCUT2D eigenvalue weighted by atomic mass is 10.2. The number of carbonyl (C=O) groups excluding carboxylic acids is 2. The van der Waals surface area contributed by atoms with Gasteiger partial charge in [-0.25, -0.2) is 4.39 Å². The van der Waals surface area contributed by atoms with Gasteiger partial charge >= 0.3 is 0 Å². The zero-order valence-electron chi connectivity index (χ0n) is 16.9. The normalized spacial score (nSPS) is 11.7. The van der Waals surface area contributed by atoms with Crippen LogP contribution in [0.3, 0.4) is 0 Å². The fourth-order valence-electron chi connectivity index (χ4n) is 2.68. The van der Waals surface area contributed by atoms with Crippen LogP contribution in [0.25, 0.3) is 6.08 Å². The number of carbonyl (C=O) groups is 2. The number of rotatable bonds is 8. The monoisotopic (exact) mass is 419 g/mol. The highest BCUT2D eigenvalue weighted by molar-refractivity contribution is 5.95. The first-order chi connectivity index (χ1) is 15.0. The average molecular weight is 419 g/mol. The van der Waals surface area contributed by atoms with Gasteiger partial charge in [-0.15, -0.1) is 0 Å². The molecule has 0 radical (unpaired) electrons. The zero-order chi connectivity index (χ0) is 22.1. The van der Waals surface area contributed by atoms with Crippen molar-refractivity contribution in [2.24, 2.45) is 0 Å². The van der Waals surface area contributed by atoms with Crippen LogP contribution in [0.4, 0.5) is 4.39 Å². The Labute approximate surface area is 179 Å². The highest BCUT2D eigenvalue weighted by Crippen LogP contribution is 2.24. The maximum Gasteiger partial charge on any atom is 0.244 e. The van der Waals surface area contributed by atoms with E-state index in [0.717, 1.165) is 5.56 Å². The second-order valence-corrected chi connectivity index (χ2v) is 6.75. The molecule has 1 unspecified atom stereocenters. The predicted octanol–water partition coefficient (Wildman–Crippen LogP) is 3.85. The van der Waals surface area contributed by atoms with Crippen molar-refractivity contribution in [3.05, 3.63) is 96.1 Å². The van der Waals surface area contributed by atoms with Crippen LogP contribution in [0.15, 0.2) is 79.1 Å². The molecule has 3 aromatic rings. The number of aromatic nitrogens is 1. The van der Waals surface area contributed by atoms with Crippen molar-refractivity contribution in [1.82, 2.24) is 15.6 Å². The van der Waals surface area contributed by atoms with Crippen LogP contribution in [0.2, 0.25) is 0 Å². The molecule has 0 saturated heterocycles. The van der Waals surface area contributed by atoms with E-state index in [1.54, 1.807) is 31.3 Å². The second kappa shape index (κ2) is 10.7. The summed E-state index contributed by atoms with van der Waals surface area (Å²) in [6.45, 7) is 1.97. The minimum atomic E-state index is -0.715. The smallest absolute Gasteiger partial charge is 0.244 e. The highest BCUT2D eigenvalue weighted by Gasteiger charge is 2.14. The summed E-state index contributed by atoms with van der Waals surface area (Å²) in [5, 5.41) is 5.35. The average Bonchev–Trinajstić information content (AvgIpc) is 2.79. The summed E-state index contributed by atoms with van der Waals surface area (Å²) in [5.74, 6) is -0.853. The first kappa shape index (κ1) is 21.7. The molecule has 2 N–H and O–H groups in total. The van der Waals surface area contributed by atoms with Crippen molar-refractivity contribution in [3.8, 4) is 11.5 Å². The highest BCUT2D eigenvalue weighted by atomic mass is 19.1. The van der Waals surface area contributed by atoms with E-state index in [1.165, 1.54) is 30.5 Å². The molecule has 0 saturated carbocycles. The number of benzene rings is 2. The van der Waals surface area contributed by atoms with Crippen molar-refractivity contribution in [2.75, 3.05) is 0 Å². The number of halogens is 1. The summed E-state index contributed by atoms with van der Waals surface area (Å²) in [7, 11) is 0. The van der Waals surface area contributed by atoms with Gasteiger partial charge in [0.25, 0.3) is 0 Å². The fourth-order valence-corrected chi connectivity index (χ4v) is 2.68. The number of pyridine rings is 1. The Balaban J connectivity index is 1.50. The maximum absolute atomic E-state index is 14.3. The first-order valence-corrected chi connectivity index (χ1v) is 9.69. The van der Waals surface area contributed by atoms with Crippen LogP contribution >= 0.6 is 0 Å². The molecule has 6 nitrogen and oxygen atoms in total. The quantitative estimate of drug-likeness (QED) is 0.544. The van der Waals surface area contributed by atoms with E-state index in [0.29, 0.717) is 17.9 Å². The van der Waals surface area contributed by atoms with Crippen molar-refractivity contribution in [1.29, 1.82) is 0 Å². The summed E-state index contributed by atoms with van der Waals surface area (Å²) >= 11 is 0. The van der Waals surface area contributed by atoms with Crippen molar-refractivity contribution >= 4 is 17.9 Å². The van der Waals surface area contributed by atoms with Gasteiger partial charge in [0.15, 0.2) is 11.6 Å². The molecule has 3 rings (SSSR count). The molecule has 0 aliphatic rings. The van der Waals surface area contributed by atoms with Crippen LogP contribution in [0, 0.1) is 5.82 Å². The molecular formula is C24H22FN3O3. The van der Waals surface area contributed by atoms with E-state index < -0.39 is 17.8 Å². The molecule has 0 aliphatic heterocycles. The van der Waals surface area contributed by atoms with Gasteiger partial charge in [-0.1, -0.05) is 36.4 Å². The van der Waals surface area contributed by atoms with E-state index >= 15 is 0 Å². The number of hydrogen-bond acceptors (Lipinski definition) is 4. The summed E-state index contributed by atoms with van der Waals surface area (Å²) in [6.07, 6.45) is 5.78. The SMILES string of the molecule is CC(NC(=O)/C=C/c1ccc(Oc2cccnc2)c(F)c1)C(=O)NCc1ccccc1. The molecule has 0 spiro atoms. The molecule has 1 atom stereocenters. The lowest BCUT2D eigenvalue weighted by Crippen LogP contribution is -2.44. The fraction of sp³-hybridized carbons (Fsp3) is 0.125. The van der Waals surface area contributed by atoms with E-state index in [4.69, 9.17) is 4.74 Å². The molecule has 31 heavy (non-hydrogen) atoms. The third-order valence-electron chi connectivity index (χ3n) is 4.31. The molecule has 0 fully saturated rings. The zero-order valence-corrected chi connectivity index (χ0v) is 16.9. The topological polar surface area (TPSA) is 80.3 Å². The first-order valence-electron chi connectivity index (χ1n) is 9.69. The lowest BCUT2D eigenvalue weighted by Gasteiger charge is -2.13. The molecule has 0 aliphatic carbocycles. The van der Waals surface area contributed by atoms with Crippen molar-refractivity contribution in [2.45, 2.75) is 19.5 Å². The van der Waals surface area contributed by atoms with Crippen molar-refractivity contribution < 1.29 is 18.7 Å². The molecule has 2 aromatic carbocycles. The van der Waals surface area contributed by atoms with Gasteiger partial charge in [-0.2, -0.15) is 0 Å². The number of nitrogens with one attached hydrogen (secondary N) is 2. The van der Waals surface area contributed by atoms with Crippen molar-refractivity contribution in [3.63, 3.8) is 0 Å². The van der Waals surface area contributed by atoms with Gasteiger partial charge < -0.3 is 15.4 Å². The van der Waals surface area contributed by atoms with Gasteiger partial charge in [0.2, 0.25) is 11.8 Å². The van der Waals surface area contributed by atoms with E-state index in [2.05, 4.69) is 15.6 Å². The molecule has 7 heteroatoms. The van der Waals surface area contributed by atoms with Gasteiger partial charge in [0.05, 0.1) is 6.20 Å². The Bertz CT molecular complexity index is 1060. The Morgan fingerprint density at radius 1 is 1.13 bits per heavy atom. The lowest BCUT2D eigenvalue weighted by molar-refractivity contribution is -0.126. The van der Waals surface area contributed by atoms with Gasteiger partial charge in [-0.3, -0.25) is 14.6 Å². The summed E-state index contributed by atoms with van der Waals surface area (Å²) < 4.78 is 19.7. The number of hydrogen-bond donors (Lipinski definition) is 2. The molecule has 2 amide bonds. The third-order valence-corrected chi connectivity index (χ3v) is 4.31. The predicted molar refractivity (Wildman–Crippen MR) is 116 cm³/mol. The summed E-state index contributed by atoms with van der Waals surface area (Å²) in [4.78, 5) is 28.1.